The number of rotatable bonds is 11. The van der Waals surface area contributed by atoms with Crippen LogP contribution in [0.2, 0.25) is 0 Å². The normalized spacial score (nSPS) is 15.4. The second-order valence-electron chi connectivity index (χ2n) is 9.38. The van der Waals surface area contributed by atoms with E-state index in [1.807, 2.05) is 38.1 Å². The molecule has 3 aromatic rings. The number of anilines is 1. The summed E-state index contributed by atoms with van der Waals surface area (Å²) >= 11 is 0. The van der Waals surface area contributed by atoms with Gasteiger partial charge in [-0.1, -0.05) is 37.3 Å². The number of aromatic amines is 2. The van der Waals surface area contributed by atoms with Crippen molar-refractivity contribution in [3.8, 4) is 0 Å². The van der Waals surface area contributed by atoms with Gasteiger partial charge in [0.05, 0.1) is 13.0 Å². The number of aromatic nitrogens is 5. The van der Waals surface area contributed by atoms with Crippen LogP contribution in [0, 0.1) is 5.92 Å². The number of benzene rings is 1. The number of aliphatic carboxylic acids is 1. The van der Waals surface area contributed by atoms with Gasteiger partial charge in [-0.25, -0.2) is 0 Å². The molecule has 0 saturated carbocycles. The first-order valence-corrected chi connectivity index (χ1v) is 12.1. The summed E-state index contributed by atoms with van der Waals surface area (Å²) in [5.74, 6) is -1.66. The fourth-order valence-corrected chi connectivity index (χ4v) is 4.57. The number of H-pyrrole nitrogens is 2. The first-order chi connectivity index (χ1) is 17.7. The van der Waals surface area contributed by atoms with Crippen LogP contribution in [0.5, 0.6) is 0 Å². The second kappa shape index (κ2) is 11.1. The number of ketones is 1. The molecule has 4 N–H and O–H groups in total. The molecule has 2 amide bonds. The molecule has 0 fully saturated rings. The number of carboxylic acid groups (broad SMARTS) is 1. The van der Waals surface area contributed by atoms with Crippen LogP contribution in [0.25, 0.3) is 0 Å². The molecule has 4 rings (SSSR count). The van der Waals surface area contributed by atoms with Crippen molar-refractivity contribution in [2.45, 2.75) is 58.0 Å². The predicted molar refractivity (Wildman–Crippen MR) is 132 cm³/mol. The molecule has 1 aliphatic heterocycles. The summed E-state index contributed by atoms with van der Waals surface area (Å²) in [5, 5.41) is 25.1. The SMILES string of the molecule is CC(C)[C@@H](CC(=O)CCC(=O)O)c1ccc(C(=O)N2c3ccccc3C[C@H]2C(=O)NCc2nn[nH]n2)[nH]1. The molecule has 2 aromatic heterocycles. The third-order valence-electron chi connectivity index (χ3n) is 6.52. The maximum Gasteiger partial charge on any atom is 0.303 e. The highest BCUT2D eigenvalue weighted by Gasteiger charge is 2.39. The third-order valence-corrected chi connectivity index (χ3v) is 6.52. The fourth-order valence-electron chi connectivity index (χ4n) is 4.57. The van der Waals surface area contributed by atoms with Gasteiger partial charge in [-0.15, -0.1) is 10.2 Å². The van der Waals surface area contributed by atoms with Crippen molar-refractivity contribution in [1.29, 1.82) is 0 Å². The summed E-state index contributed by atoms with van der Waals surface area (Å²) in [7, 11) is 0. The van der Waals surface area contributed by atoms with E-state index in [-0.39, 0.29) is 55.2 Å². The Labute approximate surface area is 212 Å². The van der Waals surface area contributed by atoms with E-state index in [4.69, 9.17) is 5.11 Å². The molecule has 0 bridgehead atoms. The molecule has 0 spiro atoms. The van der Waals surface area contributed by atoms with E-state index in [1.54, 1.807) is 12.1 Å². The maximum atomic E-state index is 13.7. The summed E-state index contributed by atoms with van der Waals surface area (Å²) in [6.07, 6.45) is 0.298. The largest absolute Gasteiger partial charge is 0.481 e. The Balaban J connectivity index is 1.53. The summed E-state index contributed by atoms with van der Waals surface area (Å²) < 4.78 is 0. The minimum atomic E-state index is -1.01. The Bertz CT molecular complexity index is 1280. The van der Waals surface area contributed by atoms with Gasteiger partial charge in [-0.3, -0.25) is 24.1 Å². The van der Waals surface area contributed by atoms with Crippen LogP contribution in [0.15, 0.2) is 36.4 Å². The zero-order valence-electron chi connectivity index (χ0n) is 20.6. The number of tetrazole rings is 1. The molecule has 1 aromatic carbocycles. The zero-order valence-corrected chi connectivity index (χ0v) is 20.6. The lowest BCUT2D eigenvalue weighted by Crippen LogP contribution is -2.48. The number of hydrogen-bond donors (Lipinski definition) is 4. The molecule has 0 saturated heterocycles. The standard InChI is InChI=1S/C25H29N7O5/c1-14(2)17(12-16(33)7-10-23(34)35)18-8-9-19(27-18)25(37)32-20-6-4-3-5-15(20)11-21(32)24(36)26-13-22-28-30-31-29-22/h3-6,8-9,14,17,21,27H,7,10-13H2,1-2H3,(H,26,36)(H,34,35)(H,28,29,30,31)/t17-,21+/m1/s1. The van der Waals surface area contributed by atoms with Gasteiger partial charge < -0.3 is 15.4 Å². The van der Waals surface area contributed by atoms with Gasteiger partial charge in [0.15, 0.2) is 5.82 Å². The number of amides is 2. The van der Waals surface area contributed by atoms with E-state index in [1.165, 1.54) is 4.90 Å². The molecular formula is C25H29N7O5. The lowest BCUT2D eigenvalue weighted by molar-refractivity contribution is -0.138. The van der Waals surface area contributed by atoms with Crippen LogP contribution in [-0.2, 0) is 27.3 Å². The Kier molecular flexibility index (Phi) is 7.75. The van der Waals surface area contributed by atoms with Gasteiger partial charge in [-0.2, -0.15) is 5.21 Å². The number of nitrogens with zero attached hydrogens (tertiary/aromatic N) is 4. The van der Waals surface area contributed by atoms with Crippen molar-refractivity contribution in [3.05, 3.63) is 59.2 Å². The van der Waals surface area contributed by atoms with E-state index in [0.29, 0.717) is 29.3 Å². The van der Waals surface area contributed by atoms with Crippen molar-refractivity contribution in [3.63, 3.8) is 0 Å². The van der Waals surface area contributed by atoms with Crippen LogP contribution in [0.3, 0.4) is 0 Å². The van der Waals surface area contributed by atoms with Gasteiger partial charge in [0, 0.05) is 36.6 Å². The zero-order chi connectivity index (χ0) is 26.5. The number of hydrogen-bond acceptors (Lipinski definition) is 7. The lowest BCUT2D eigenvalue weighted by atomic mass is 9.87. The minimum absolute atomic E-state index is 0.0315. The maximum absolute atomic E-state index is 13.7. The van der Waals surface area contributed by atoms with E-state index < -0.39 is 12.0 Å². The molecular weight excluding hydrogens is 478 g/mol. The molecule has 0 aliphatic carbocycles. The Hall–Kier alpha value is -4.35. The molecule has 2 atom stereocenters. The van der Waals surface area contributed by atoms with Crippen LogP contribution < -0.4 is 10.2 Å². The van der Waals surface area contributed by atoms with Crippen molar-refractivity contribution in [2.75, 3.05) is 4.90 Å². The third kappa shape index (κ3) is 5.90. The number of nitrogens with one attached hydrogen (secondary N) is 3. The van der Waals surface area contributed by atoms with Crippen LogP contribution in [-0.4, -0.2) is 60.3 Å². The van der Waals surface area contributed by atoms with Gasteiger partial charge >= 0.3 is 5.97 Å². The summed E-state index contributed by atoms with van der Waals surface area (Å²) in [4.78, 5) is 54.7. The van der Waals surface area contributed by atoms with E-state index in [2.05, 4.69) is 30.9 Å². The minimum Gasteiger partial charge on any atom is -0.481 e. The van der Waals surface area contributed by atoms with E-state index in [9.17, 15) is 19.2 Å². The summed E-state index contributed by atoms with van der Waals surface area (Å²) in [6, 6.07) is 10.0. The number of carbonyl (C=O) groups excluding carboxylic acids is 3. The first-order valence-electron chi connectivity index (χ1n) is 12.1. The first kappa shape index (κ1) is 25.7. The number of Topliss-reactive ketones (excluding diaryl/α,β-unsaturated/α-hetero) is 1. The summed E-state index contributed by atoms with van der Waals surface area (Å²) in [5.41, 5.74) is 2.55. The monoisotopic (exact) mass is 507 g/mol. The molecule has 37 heavy (non-hydrogen) atoms. The van der Waals surface area contributed by atoms with Gasteiger partial charge in [-0.05, 0) is 29.7 Å². The fraction of sp³-hybridized carbons (Fsp3) is 0.400. The molecule has 3 heterocycles. The van der Waals surface area contributed by atoms with Crippen molar-refractivity contribution >= 4 is 29.3 Å². The Morgan fingerprint density at radius 1 is 1.14 bits per heavy atom. The summed E-state index contributed by atoms with van der Waals surface area (Å²) in [6.45, 7) is 4.01. The predicted octanol–water partition coefficient (Wildman–Crippen LogP) is 1.98. The highest BCUT2D eigenvalue weighted by atomic mass is 16.4. The number of carboxylic acids is 1. The molecule has 1 aliphatic rings. The lowest BCUT2D eigenvalue weighted by Gasteiger charge is -2.24. The average molecular weight is 508 g/mol. The highest BCUT2D eigenvalue weighted by Crippen LogP contribution is 2.34. The molecule has 194 valence electrons. The van der Waals surface area contributed by atoms with Crippen molar-refractivity contribution in [1.82, 2.24) is 30.9 Å². The highest BCUT2D eigenvalue weighted by molar-refractivity contribution is 6.10. The van der Waals surface area contributed by atoms with Crippen LogP contribution in [0.4, 0.5) is 5.69 Å². The number of fused-ring (bicyclic) bond motifs is 1. The molecule has 0 unspecified atom stereocenters. The van der Waals surface area contributed by atoms with Gasteiger partial charge in [0.25, 0.3) is 5.91 Å². The average Bonchev–Trinajstić information content (AvgIpc) is 3.63. The Morgan fingerprint density at radius 2 is 1.92 bits per heavy atom. The van der Waals surface area contributed by atoms with Gasteiger partial charge in [0.1, 0.15) is 17.5 Å². The van der Waals surface area contributed by atoms with Crippen LogP contribution in [0.1, 0.15) is 66.6 Å². The quantitative estimate of drug-likeness (QED) is 0.305. The topological polar surface area (TPSA) is 174 Å². The van der Waals surface area contributed by atoms with Crippen molar-refractivity contribution in [2.24, 2.45) is 5.92 Å². The Morgan fingerprint density at radius 3 is 2.62 bits per heavy atom. The number of para-hydroxylation sites is 1. The van der Waals surface area contributed by atoms with Gasteiger partial charge in [0.2, 0.25) is 5.91 Å². The smallest absolute Gasteiger partial charge is 0.303 e. The molecule has 0 radical (unpaired) electrons. The van der Waals surface area contributed by atoms with E-state index in [0.717, 1.165) is 5.56 Å². The molecule has 12 heteroatoms. The van der Waals surface area contributed by atoms with Crippen LogP contribution >= 0.6 is 0 Å². The van der Waals surface area contributed by atoms with Crippen molar-refractivity contribution < 1.29 is 24.3 Å². The second-order valence-corrected chi connectivity index (χ2v) is 9.38. The number of carbonyl (C=O) groups is 4. The van der Waals surface area contributed by atoms with E-state index >= 15 is 0 Å². The molecule has 12 nitrogen and oxygen atoms in total.